The number of rotatable bonds is 2. The van der Waals surface area contributed by atoms with E-state index in [0.29, 0.717) is 37.5 Å². The Labute approximate surface area is 301 Å². The van der Waals surface area contributed by atoms with E-state index in [4.69, 9.17) is 10.6 Å². The Kier molecular flexibility index (Phi) is 10.1. The van der Waals surface area contributed by atoms with E-state index < -0.39 is 49.0 Å². The smallest absolute Gasteiger partial charge is 0.748 e. The molecule has 9 rings (SSSR count). The van der Waals surface area contributed by atoms with E-state index >= 15 is 0 Å². The molecule has 6 N–H and O–H groups in total. The van der Waals surface area contributed by atoms with Gasteiger partial charge >= 0.3 is 17.1 Å². The topological polar surface area (TPSA) is 215 Å². The van der Waals surface area contributed by atoms with Crippen LogP contribution in [0.15, 0.2) is 0 Å². The zero-order valence-electron chi connectivity index (χ0n) is 27.8. The van der Waals surface area contributed by atoms with Crippen molar-refractivity contribution in [3.63, 3.8) is 0 Å². The van der Waals surface area contributed by atoms with E-state index in [0.717, 1.165) is 64.2 Å². The van der Waals surface area contributed by atoms with Crippen LogP contribution in [0, 0.1) is 47.3 Å². The van der Waals surface area contributed by atoms with Gasteiger partial charge in [0.15, 0.2) is 0 Å². The van der Waals surface area contributed by atoms with Crippen molar-refractivity contribution in [1.29, 1.82) is 0 Å². The molecule has 4 aliphatic carbocycles. The third-order valence-electron chi connectivity index (χ3n) is 14.4. The van der Waals surface area contributed by atoms with E-state index in [1.54, 1.807) is 0 Å². The molecule has 5 aliphatic heterocycles. The van der Waals surface area contributed by atoms with E-state index in [1.807, 2.05) is 0 Å². The van der Waals surface area contributed by atoms with Crippen LogP contribution in [0.3, 0.4) is 0 Å². The summed E-state index contributed by atoms with van der Waals surface area (Å²) in [4.78, 5) is 0. The third-order valence-corrected chi connectivity index (χ3v) is 17.0. The Balaban J connectivity index is 0.00000348. The number of nitrogens with one attached hydrogen (secondary N) is 6. The molecule has 4 saturated carbocycles. The molecule has 0 amide bonds. The Morgan fingerprint density at radius 1 is 0.429 bits per heavy atom. The molecule has 1 radical (unpaired) electrons. The van der Waals surface area contributed by atoms with Crippen LogP contribution >= 0.6 is 0 Å². The van der Waals surface area contributed by atoms with Crippen molar-refractivity contribution in [1.82, 2.24) is 31.9 Å². The number of hydrogen-bond donors (Lipinski definition) is 6. The first-order valence-corrected chi connectivity index (χ1v) is 21.8. The summed E-state index contributed by atoms with van der Waals surface area (Å²) < 4.78 is 76.3. The summed E-state index contributed by atoms with van der Waals surface area (Å²) in [6.07, 6.45) is 10.5. The predicted octanol–water partition coefficient (Wildman–Crippen LogP) is 1.22. The van der Waals surface area contributed by atoms with Crippen molar-refractivity contribution in [2.75, 3.05) is 0 Å². The second-order valence-corrected chi connectivity index (χ2v) is 19.8. The van der Waals surface area contributed by atoms with Gasteiger partial charge in [-0.15, -0.1) is 0 Å². The van der Waals surface area contributed by atoms with Crippen LogP contribution in [-0.2, 0) is 37.3 Å². The molecule has 5 heterocycles. The normalized spacial score (nSPS) is 52.7. The fraction of sp³-hybridized carbons (Fsp3) is 1.00. The summed E-state index contributed by atoms with van der Waals surface area (Å²) in [5.41, 5.74) is 0. The first-order chi connectivity index (χ1) is 23.0. The largest absolute Gasteiger partial charge is 2.00 e. The molecule has 9 aliphatic rings. The first kappa shape index (κ1) is 36.0. The summed E-state index contributed by atoms with van der Waals surface area (Å²) in [6, 6.07) is 0. The third kappa shape index (κ3) is 6.40. The molecule has 0 aromatic carbocycles. The molecule has 0 spiro atoms. The zero-order valence-corrected chi connectivity index (χ0v) is 30.3. The van der Waals surface area contributed by atoms with E-state index in [2.05, 4.69) is 31.9 Å². The minimum atomic E-state index is -4.52. The SMILES string of the molecule is O=S(=O)([O-])C1CCCC2C3[N-]C4NC(NC5NC(NC6NC(NC([N-]3)C21)C1CCCCC61)C1CCCC(S(=O)(=O)[O-])C51)C1CCCCC41.[Cu+2]. The van der Waals surface area contributed by atoms with E-state index in [-0.39, 0.29) is 83.7 Å². The standard InChI is InChI=1S/C32H54N8O6S2.Cu/c41-47(42,43)21-13-5-11-19-23(21)32-38-28-18-10-4-2-8-16(18)26(34-28)36-30-20-12-6-14-22(48(44,45)46)24(20)31(40-30)37-27-17-9-3-1-7-15(17)25(33-27)35-29(19)39-32;/h15-35,37-39H,1-14H2,(H,41,42,43)(H,44,45,46);/q-2;+2/p-2. The van der Waals surface area contributed by atoms with Gasteiger partial charge in [0.1, 0.15) is 0 Å². The number of nitrogens with zero attached hydrogens (tertiary/aromatic N) is 2. The molecule has 14 nitrogen and oxygen atoms in total. The summed E-state index contributed by atoms with van der Waals surface area (Å²) in [5.74, 6) is 0.301. The molecule has 9 fully saturated rings. The number of hydrogen-bond acceptors (Lipinski definition) is 12. The summed E-state index contributed by atoms with van der Waals surface area (Å²) >= 11 is 0. The molecular weight excluding hydrogens is 720 g/mol. The Bertz CT molecular complexity index is 1340. The molecule has 0 aromatic heterocycles. The van der Waals surface area contributed by atoms with Gasteiger partial charge in [0, 0.05) is 5.92 Å². The van der Waals surface area contributed by atoms with Gasteiger partial charge < -0.3 is 30.4 Å². The van der Waals surface area contributed by atoms with Crippen LogP contribution in [0.2, 0.25) is 0 Å². The summed E-state index contributed by atoms with van der Waals surface area (Å²) in [5, 5.41) is 31.7. The maximum atomic E-state index is 12.7. The molecule has 18 unspecified atom stereocenters. The van der Waals surface area contributed by atoms with Gasteiger partial charge in [-0.25, -0.2) is 23.0 Å². The molecule has 49 heavy (non-hydrogen) atoms. The van der Waals surface area contributed by atoms with Crippen LogP contribution in [-0.4, -0.2) is 85.8 Å². The second-order valence-electron chi connectivity index (χ2n) is 16.6. The Morgan fingerprint density at radius 3 is 1.43 bits per heavy atom. The maximum absolute atomic E-state index is 12.7. The molecule has 8 bridgehead atoms. The van der Waals surface area contributed by atoms with Crippen LogP contribution in [0.5, 0.6) is 0 Å². The van der Waals surface area contributed by atoms with Gasteiger partial charge in [0.25, 0.3) is 0 Å². The van der Waals surface area contributed by atoms with Gasteiger partial charge in [0.2, 0.25) is 0 Å². The molecule has 0 aromatic rings. The van der Waals surface area contributed by atoms with Gasteiger partial charge in [0.05, 0.1) is 61.6 Å². The van der Waals surface area contributed by atoms with Gasteiger partial charge in [-0.1, -0.05) is 69.6 Å². The quantitative estimate of drug-likeness (QED) is 0.173. The van der Waals surface area contributed by atoms with Crippen LogP contribution in [0.25, 0.3) is 10.6 Å². The Hall–Kier alpha value is 0.0195. The van der Waals surface area contributed by atoms with Crippen molar-refractivity contribution in [3.8, 4) is 0 Å². The van der Waals surface area contributed by atoms with Crippen LogP contribution in [0.4, 0.5) is 0 Å². The van der Waals surface area contributed by atoms with Crippen LogP contribution in [0.1, 0.15) is 89.9 Å². The maximum Gasteiger partial charge on any atom is 2.00 e. The average molecular weight is 772 g/mol. The molecular formula is C32H52CuN8O6S2-2. The summed E-state index contributed by atoms with van der Waals surface area (Å²) in [7, 11) is -9.01. The monoisotopic (exact) mass is 771 g/mol. The predicted molar refractivity (Wildman–Crippen MR) is 175 cm³/mol. The fourth-order valence-corrected chi connectivity index (χ4v) is 14.9. The molecule has 281 valence electrons. The molecule has 18 atom stereocenters. The Morgan fingerprint density at radius 2 is 0.837 bits per heavy atom. The van der Waals surface area contributed by atoms with Crippen molar-refractivity contribution >= 4 is 20.2 Å². The van der Waals surface area contributed by atoms with Gasteiger partial charge in [-0.05, 0) is 74.0 Å². The molecule has 17 heteroatoms. The minimum absolute atomic E-state index is 0. The van der Waals surface area contributed by atoms with Crippen molar-refractivity contribution in [2.45, 2.75) is 150 Å². The van der Waals surface area contributed by atoms with Gasteiger partial charge in [-0.3, -0.25) is 21.3 Å². The van der Waals surface area contributed by atoms with Gasteiger partial charge in [-0.2, -0.15) is 0 Å². The number of fused-ring (bicyclic) bond motifs is 20. The first-order valence-electron chi connectivity index (χ1n) is 18.9. The minimum Gasteiger partial charge on any atom is -0.748 e. The van der Waals surface area contributed by atoms with Crippen molar-refractivity contribution in [2.24, 2.45) is 47.3 Å². The van der Waals surface area contributed by atoms with Crippen LogP contribution < -0.4 is 31.9 Å². The van der Waals surface area contributed by atoms with Crippen molar-refractivity contribution in [3.05, 3.63) is 10.6 Å². The van der Waals surface area contributed by atoms with Crippen molar-refractivity contribution < 1.29 is 43.0 Å². The molecule has 5 saturated heterocycles. The van der Waals surface area contributed by atoms with E-state index in [9.17, 15) is 25.9 Å². The fourth-order valence-electron chi connectivity index (χ4n) is 12.5. The zero-order chi connectivity index (χ0) is 32.9. The van der Waals surface area contributed by atoms with E-state index in [1.165, 1.54) is 0 Å². The second kappa shape index (κ2) is 13.7. The summed E-state index contributed by atoms with van der Waals surface area (Å²) in [6.45, 7) is 0. The average Bonchev–Trinajstić information content (AvgIpc) is 3.79.